The number of nitrogens with zero attached hydrogens (tertiary/aromatic N) is 4. The second-order valence-corrected chi connectivity index (χ2v) is 13.9. The van der Waals surface area contributed by atoms with Crippen LogP contribution in [0.2, 0.25) is 0 Å². The lowest BCUT2D eigenvalue weighted by Gasteiger charge is -2.12. The Balaban J connectivity index is 1.07. The zero-order chi connectivity index (χ0) is 36.6. The largest absolute Gasteiger partial charge is 0.456 e. The Hall–Kier alpha value is -7.86. The minimum atomic E-state index is 0.581. The first-order valence-electron chi connectivity index (χ1n) is 18.2. The highest BCUT2D eigenvalue weighted by Gasteiger charge is 2.18. The molecule has 0 radical (unpaired) electrons. The van der Waals surface area contributed by atoms with Gasteiger partial charge in [-0.2, -0.15) is 5.26 Å². The van der Waals surface area contributed by atoms with Crippen molar-refractivity contribution in [3.8, 4) is 39.7 Å². The summed E-state index contributed by atoms with van der Waals surface area (Å²) in [5.74, 6) is 0. The van der Waals surface area contributed by atoms with E-state index in [4.69, 9.17) is 11.0 Å². The van der Waals surface area contributed by atoms with Crippen molar-refractivity contribution in [3.63, 3.8) is 0 Å². The van der Waals surface area contributed by atoms with Crippen molar-refractivity contribution in [1.82, 2.24) is 9.13 Å². The van der Waals surface area contributed by atoms with Gasteiger partial charge in [0.1, 0.15) is 11.2 Å². The van der Waals surface area contributed by atoms with Crippen LogP contribution in [0.15, 0.2) is 174 Å². The summed E-state index contributed by atoms with van der Waals surface area (Å²) in [6, 6.07) is 60.7. The van der Waals surface area contributed by atoms with Crippen molar-refractivity contribution in [2.75, 3.05) is 0 Å². The smallest absolute Gasteiger partial charge is 0.195 e. The van der Waals surface area contributed by atoms with Gasteiger partial charge >= 0.3 is 0 Å². The molecular formula is C50H28N4O. The Morgan fingerprint density at radius 2 is 0.891 bits per heavy atom. The quantitative estimate of drug-likeness (QED) is 0.172. The average Bonchev–Trinajstić information content (AvgIpc) is 3.90. The van der Waals surface area contributed by atoms with E-state index in [1.165, 1.54) is 21.5 Å². The molecule has 0 aliphatic rings. The van der Waals surface area contributed by atoms with E-state index in [0.29, 0.717) is 11.3 Å². The molecule has 11 rings (SSSR count). The minimum Gasteiger partial charge on any atom is -0.456 e. The van der Waals surface area contributed by atoms with Crippen LogP contribution >= 0.6 is 0 Å². The third-order valence-corrected chi connectivity index (χ3v) is 11.0. The van der Waals surface area contributed by atoms with Gasteiger partial charge in [-0.15, -0.1) is 0 Å². The number of furan rings is 1. The standard InChI is InChI=1S/C50H28N4O/c1-52-44-23-22-35(54-47-16-8-4-12-38(47)39-13-5-9-17-48(39)54)29-41(44)32-20-25-50-43(27-32)42-26-31(19-24-49(42)55-50)40-28-34(21-18-33(40)30-51)53-45-14-6-2-10-36(45)37-11-3-7-15-46(37)53/h2-29H. The van der Waals surface area contributed by atoms with Gasteiger partial charge in [0.15, 0.2) is 5.69 Å². The van der Waals surface area contributed by atoms with Crippen LogP contribution in [0.4, 0.5) is 5.69 Å². The molecule has 0 amide bonds. The second kappa shape index (κ2) is 11.8. The lowest BCUT2D eigenvalue weighted by Crippen LogP contribution is -1.96. The van der Waals surface area contributed by atoms with Crippen LogP contribution in [0, 0.1) is 17.9 Å². The van der Waals surface area contributed by atoms with Crippen molar-refractivity contribution in [3.05, 3.63) is 187 Å². The summed E-state index contributed by atoms with van der Waals surface area (Å²) in [6.07, 6.45) is 0. The Kier molecular flexibility index (Phi) is 6.61. The van der Waals surface area contributed by atoms with Crippen molar-refractivity contribution in [2.45, 2.75) is 0 Å². The molecule has 0 N–H and O–H groups in total. The molecule has 254 valence electrons. The normalized spacial score (nSPS) is 11.6. The third-order valence-electron chi connectivity index (χ3n) is 11.0. The first kappa shape index (κ1) is 30.7. The van der Waals surface area contributed by atoms with E-state index in [2.05, 4.69) is 141 Å². The summed E-state index contributed by atoms with van der Waals surface area (Å²) in [6.45, 7) is 8.10. The van der Waals surface area contributed by atoms with Gasteiger partial charge in [-0.05, 0) is 95.6 Å². The van der Waals surface area contributed by atoms with E-state index in [-0.39, 0.29) is 0 Å². The van der Waals surface area contributed by atoms with E-state index in [0.717, 1.165) is 77.6 Å². The molecule has 0 saturated heterocycles. The number of rotatable bonds is 4. The van der Waals surface area contributed by atoms with E-state index >= 15 is 0 Å². The monoisotopic (exact) mass is 700 g/mol. The maximum Gasteiger partial charge on any atom is 0.195 e. The molecule has 0 aliphatic carbocycles. The molecule has 3 aromatic heterocycles. The van der Waals surface area contributed by atoms with Crippen molar-refractivity contribution < 1.29 is 4.42 Å². The average molecular weight is 701 g/mol. The van der Waals surface area contributed by atoms with Crippen LogP contribution in [0.25, 0.3) is 104 Å². The highest BCUT2D eigenvalue weighted by atomic mass is 16.3. The Morgan fingerprint density at radius 3 is 1.36 bits per heavy atom. The lowest BCUT2D eigenvalue weighted by atomic mass is 9.96. The van der Waals surface area contributed by atoms with Gasteiger partial charge in [-0.25, -0.2) is 4.85 Å². The topological polar surface area (TPSA) is 51.1 Å². The summed E-state index contributed by atoms with van der Waals surface area (Å²) in [5.41, 5.74) is 12.7. The molecule has 0 saturated carbocycles. The van der Waals surface area contributed by atoms with Gasteiger partial charge in [-0.3, -0.25) is 0 Å². The molecule has 0 bridgehead atoms. The Morgan fingerprint density at radius 1 is 0.455 bits per heavy atom. The van der Waals surface area contributed by atoms with Gasteiger partial charge in [0, 0.05) is 49.3 Å². The zero-order valence-electron chi connectivity index (χ0n) is 29.4. The highest BCUT2D eigenvalue weighted by molar-refractivity contribution is 6.11. The number of hydrogen-bond donors (Lipinski definition) is 0. The molecule has 5 heteroatoms. The molecule has 0 unspecified atom stereocenters. The molecule has 0 aliphatic heterocycles. The first-order chi connectivity index (χ1) is 27.2. The third kappa shape index (κ3) is 4.58. The molecule has 0 atom stereocenters. The summed E-state index contributed by atoms with van der Waals surface area (Å²) in [5, 5.41) is 17.0. The van der Waals surface area contributed by atoms with E-state index in [9.17, 15) is 5.26 Å². The van der Waals surface area contributed by atoms with Crippen molar-refractivity contribution in [1.29, 1.82) is 5.26 Å². The second-order valence-electron chi connectivity index (χ2n) is 13.9. The minimum absolute atomic E-state index is 0.581. The highest BCUT2D eigenvalue weighted by Crippen LogP contribution is 2.41. The van der Waals surface area contributed by atoms with Gasteiger partial charge in [0.05, 0.1) is 40.3 Å². The van der Waals surface area contributed by atoms with Gasteiger partial charge in [0.2, 0.25) is 0 Å². The molecule has 8 aromatic carbocycles. The fourth-order valence-corrected chi connectivity index (χ4v) is 8.51. The Bertz CT molecular complexity index is 3140. The molecule has 5 nitrogen and oxygen atoms in total. The van der Waals surface area contributed by atoms with Crippen LogP contribution in [-0.2, 0) is 0 Å². The number of fused-ring (bicyclic) bond motifs is 9. The summed E-state index contributed by atoms with van der Waals surface area (Å²) >= 11 is 0. The number of nitriles is 1. The van der Waals surface area contributed by atoms with E-state index in [1.807, 2.05) is 48.5 Å². The van der Waals surface area contributed by atoms with Gasteiger partial charge in [-0.1, -0.05) is 91.0 Å². The van der Waals surface area contributed by atoms with Crippen LogP contribution in [0.5, 0.6) is 0 Å². The lowest BCUT2D eigenvalue weighted by molar-refractivity contribution is 0.669. The molecule has 11 aromatic rings. The fourth-order valence-electron chi connectivity index (χ4n) is 8.51. The number of benzene rings is 8. The van der Waals surface area contributed by atoms with E-state index < -0.39 is 0 Å². The van der Waals surface area contributed by atoms with Crippen LogP contribution in [0.3, 0.4) is 0 Å². The SMILES string of the molecule is [C-]#[N+]c1ccc(-n2c3ccccc3c3ccccc32)cc1-c1ccc2oc3ccc(-c4cc(-n5c6ccccc6c6ccccc65)ccc4C#N)cc3c2c1. The summed E-state index contributed by atoms with van der Waals surface area (Å²) in [7, 11) is 0. The van der Waals surface area contributed by atoms with Crippen LogP contribution in [-0.4, -0.2) is 9.13 Å². The number of hydrogen-bond acceptors (Lipinski definition) is 2. The molecule has 55 heavy (non-hydrogen) atoms. The molecular weight excluding hydrogens is 673 g/mol. The fraction of sp³-hybridized carbons (Fsp3) is 0. The van der Waals surface area contributed by atoms with Crippen molar-refractivity contribution in [2.24, 2.45) is 0 Å². The molecule has 0 spiro atoms. The zero-order valence-corrected chi connectivity index (χ0v) is 29.4. The van der Waals surface area contributed by atoms with E-state index in [1.54, 1.807) is 0 Å². The van der Waals surface area contributed by atoms with Gasteiger partial charge in [0.25, 0.3) is 0 Å². The summed E-state index contributed by atoms with van der Waals surface area (Å²) < 4.78 is 10.9. The Labute approximate surface area is 315 Å². The first-order valence-corrected chi connectivity index (χ1v) is 18.2. The maximum absolute atomic E-state index is 10.3. The maximum atomic E-state index is 10.3. The number of aromatic nitrogens is 2. The number of para-hydroxylation sites is 4. The van der Waals surface area contributed by atoms with Crippen LogP contribution < -0.4 is 0 Å². The molecule has 3 heterocycles. The van der Waals surface area contributed by atoms with Crippen LogP contribution in [0.1, 0.15) is 5.56 Å². The predicted molar refractivity (Wildman–Crippen MR) is 224 cm³/mol. The predicted octanol–water partition coefficient (Wildman–Crippen LogP) is 13.5. The molecule has 0 fully saturated rings. The van der Waals surface area contributed by atoms with Crippen molar-refractivity contribution >= 4 is 71.2 Å². The summed E-state index contributed by atoms with van der Waals surface area (Å²) in [4.78, 5) is 3.95. The van der Waals surface area contributed by atoms with Gasteiger partial charge < -0.3 is 13.6 Å².